The SMILES string of the molecule is CC[n+]1ccccc1N=Nc1ccc(O)cc1. The van der Waals surface area contributed by atoms with Gasteiger partial charge in [-0.15, -0.1) is 0 Å². The number of hydrogen-bond acceptors (Lipinski definition) is 3. The topological polar surface area (TPSA) is 48.8 Å². The minimum absolute atomic E-state index is 0.229. The van der Waals surface area contributed by atoms with E-state index in [-0.39, 0.29) is 5.75 Å². The van der Waals surface area contributed by atoms with Gasteiger partial charge in [0.1, 0.15) is 11.4 Å². The predicted molar refractivity (Wildman–Crippen MR) is 64.6 cm³/mol. The Bertz CT molecular complexity index is 520. The fourth-order valence-corrected chi connectivity index (χ4v) is 1.45. The number of pyridine rings is 1. The smallest absolute Gasteiger partial charge is 0.350 e. The Morgan fingerprint density at radius 2 is 1.82 bits per heavy atom. The number of azo groups is 1. The lowest BCUT2D eigenvalue weighted by molar-refractivity contribution is -0.681. The summed E-state index contributed by atoms with van der Waals surface area (Å²) < 4.78 is 2.00. The highest BCUT2D eigenvalue weighted by Crippen LogP contribution is 2.18. The third-order valence-corrected chi connectivity index (χ3v) is 2.38. The van der Waals surface area contributed by atoms with Gasteiger partial charge in [0.05, 0.1) is 17.9 Å². The van der Waals surface area contributed by atoms with E-state index in [4.69, 9.17) is 5.11 Å². The van der Waals surface area contributed by atoms with Crippen molar-refractivity contribution in [3.8, 4) is 5.75 Å². The van der Waals surface area contributed by atoms with Crippen LogP contribution in [0, 0.1) is 0 Å². The van der Waals surface area contributed by atoms with E-state index < -0.39 is 0 Å². The Hall–Kier alpha value is -2.23. The van der Waals surface area contributed by atoms with Gasteiger partial charge in [0, 0.05) is 6.07 Å². The lowest BCUT2D eigenvalue weighted by Gasteiger charge is -1.95. The minimum atomic E-state index is 0.229. The largest absolute Gasteiger partial charge is 0.508 e. The lowest BCUT2D eigenvalue weighted by Crippen LogP contribution is -2.31. The molecule has 17 heavy (non-hydrogen) atoms. The fraction of sp³-hybridized carbons (Fsp3) is 0.154. The molecule has 0 fully saturated rings. The first kappa shape index (κ1) is 11.3. The minimum Gasteiger partial charge on any atom is -0.508 e. The van der Waals surface area contributed by atoms with Crippen molar-refractivity contribution >= 4 is 11.5 Å². The maximum Gasteiger partial charge on any atom is 0.350 e. The van der Waals surface area contributed by atoms with E-state index in [1.807, 2.05) is 29.0 Å². The molecule has 0 aliphatic carbocycles. The molecule has 0 spiro atoms. The van der Waals surface area contributed by atoms with E-state index in [0.29, 0.717) is 5.69 Å². The molecule has 0 bridgehead atoms. The molecular formula is C13H14N3O+. The number of nitrogens with zero attached hydrogens (tertiary/aromatic N) is 3. The van der Waals surface area contributed by atoms with Gasteiger partial charge in [0.2, 0.25) is 0 Å². The molecule has 0 amide bonds. The summed E-state index contributed by atoms with van der Waals surface area (Å²) in [5, 5.41) is 17.5. The van der Waals surface area contributed by atoms with Gasteiger partial charge in [0.25, 0.3) is 0 Å². The lowest BCUT2D eigenvalue weighted by atomic mass is 10.3. The molecule has 0 saturated carbocycles. The number of phenolic OH excluding ortho intramolecular Hbond substituents is 1. The normalized spacial score (nSPS) is 10.9. The van der Waals surface area contributed by atoms with Crippen molar-refractivity contribution in [2.75, 3.05) is 0 Å². The summed E-state index contributed by atoms with van der Waals surface area (Å²) >= 11 is 0. The van der Waals surface area contributed by atoms with Crippen LogP contribution < -0.4 is 4.57 Å². The van der Waals surface area contributed by atoms with Gasteiger partial charge < -0.3 is 5.11 Å². The number of rotatable bonds is 3. The molecule has 1 heterocycles. The second-order valence-electron chi connectivity index (χ2n) is 3.56. The van der Waals surface area contributed by atoms with Crippen LogP contribution in [0.15, 0.2) is 58.9 Å². The fourth-order valence-electron chi connectivity index (χ4n) is 1.45. The molecule has 2 aromatic rings. The summed E-state index contributed by atoms with van der Waals surface area (Å²) in [6.45, 7) is 2.91. The van der Waals surface area contributed by atoms with Crippen LogP contribution in [0.5, 0.6) is 5.75 Å². The molecule has 0 saturated heterocycles. The first-order valence-electron chi connectivity index (χ1n) is 5.49. The molecule has 2 rings (SSSR count). The number of benzene rings is 1. The van der Waals surface area contributed by atoms with E-state index in [1.54, 1.807) is 24.3 Å². The molecule has 1 aromatic heterocycles. The summed E-state index contributed by atoms with van der Waals surface area (Å²) in [4.78, 5) is 0. The highest BCUT2D eigenvalue weighted by molar-refractivity contribution is 5.40. The van der Waals surface area contributed by atoms with Crippen molar-refractivity contribution in [2.24, 2.45) is 10.2 Å². The van der Waals surface area contributed by atoms with Crippen LogP contribution >= 0.6 is 0 Å². The number of aryl methyl sites for hydroxylation is 1. The summed E-state index contributed by atoms with van der Waals surface area (Å²) in [6, 6.07) is 12.4. The maximum absolute atomic E-state index is 9.15. The maximum atomic E-state index is 9.15. The highest BCUT2D eigenvalue weighted by Gasteiger charge is 2.05. The molecule has 0 aliphatic heterocycles. The Labute approximate surface area is 99.9 Å². The average molecular weight is 228 g/mol. The van der Waals surface area contributed by atoms with Crippen molar-refractivity contribution in [2.45, 2.75) is 13.5 Å². The third kappa shape index (κ3) is 2.87. The monoisotopic (exact) mass is 228 g/mol. The van der Waals surface area contributed by atoms with E-state index in [9.17, 15) is 0 Å². The Morgan fingerprint density at radius 3 is 2.53 bits per heavy atom. The average Bonchev–Trinajstić information content (AvgIpc) is 2.38. The highest BCUT2D eigenvalue weighted by atomic mass is 16.3. The second kappa shape index (κ2) is 5.21. The van der Waals surface area contributed by atoms with Gasteiger partial charge in [-0.2, -0.15) is 0 Å². The van der Waals surface area contributed by atoms with Gasteiger partial charge in [-0.05, 0) is 42.4 Å². The predicted octanol–water partition coefficient (Wildman–Crippen LogP) is 3.12. The number of aromatic nitrogens is 1. The number of phenols is 1. The van der Waals surface area contributed by atoms with Gasteiger partial charge in [-0.1, -0.05) is 6.07 Å². The van der Waals surface area contributed by atoms with E-state index in [0.717, 1.165) is 12.4 Å². The molecule has 4 heteroatoms. The van der Waals surface area contributed by atoms with Gasteiger partial charge >= 0.3 is 5.82 Å². The summed E-state index contributed by atoms with van der Waals surface area (Å²) in [6.07, 6.45) is 1.96. The van der Waals surface area contributed by atoms with Crippen LogP contribution in [0.1, 0.15) is 6.92 Å². The van der Waals surface area contributed by atoms with Gasteiger partial charge in [0.15, 0.2) is 0 Å². The number of aromatic hydroxyl groups is 1. The Kier molecular flexibility index (Phi) is 3.45. The molecule has 4 nitrogen and oxygen atoms in total. The van der Waals surface area contributed by atoms with E-state index >= 15 is 0 Å². The first-order valence-corrected chi connectivity index (χ1v) is 5.49. The van der Waals surface area contributed by atoms with Crippen molar-refractivity contribution in [1.82, 2.24) is 0 Å². The Balaban J connectivity index is 2.22. The van der Waals surface area contributed by atoms with E-state index in [1.165, 1.54) is 0 Å². The molecule has 0 unspecified atom stereocenters. The standard InChI is InChI=1S/C13H13N3O/c1-2-16-10-4-3-5-13(16)15-14-11-6-8-12(17)9-7-11/h3-10H,2H2,1H3/p+1. The van der Waals surface area contributed by atoms with Crippen LogP contribution in [0.2, 0.25) is 0 Å². The van der Waals surface area contributed by atoms with Crippen LogP contribution in [0.4, 0.5) is 11.5 Å². The van der Waals surface area contributed by atoms with Crippen molar-refractivity contribution in [3.05, 3.63) is 48.7 Å². The van der Waals surface area contributed by atoms with Crippen LogP contribution in [0.3, 0.4) is 0 Å². The van der Waals surface area contributed by atoms with E-state index in [2.05, 4.69) is 17.2 Å². The molecule has 86 valence electrons. The zero-order valence-electron chi connectivity index (χ0n) is 9.61. The molecule has 1 aromatic carbocycles. The van der Waals surface area contributed by atoms with Gasteiger partial charge in [-0.3, -0.25) is 0 Å². The molecule has 0 aliphatic rings. The zero-order chi connectivity index (χ0) is 12.1. The van der Waals surface area contributed by atoms with Crippen molar-refractivity contribution < 1.29 is 9.67 Å². The first-order chi connectivity index (χ1) is 8.29. The number of hydrogen-bond donors (Lipinski definition) is 1. The van der Waals surface area contributed by atoms with Crippen LogP contribution in [-0.2, 0) is 6.54 Å². The Morgan fingerprint density at radius 1 is 1.06 bits per heavy atom. The molecular weight excluding hydrogens is 214 g/mol. The van der Waals surface area contributed by atoms with Gasteiger partial charge in [-0.25, -0.2) is 4.57 Å². The third-order valence-electron chi connectivity index (χ3n) is 2.38. The summed E-state index contributed by atoms with van der Waals surface area (Å²) in [5.41, 5.74) is 0.717. The summed E-state index contributed by atoms with van der Waals surface area (Å²) in [5.74, 6) is 1.04. The molecule has 0 atom stereocenters. The molecule has 0 radical (unpaired) electrons. The van der Waals surface area contributed by atoms with Crippen LogP contribution in [0.25, 0.3) is 0 Å². The van der Waals surface area contributed by atoms with Crippen molar-refractivity contribution in [1.29, 1.82) is 0 Å². The van der Waals surface area contributed by atoms with Crippen LogP contribution in [-0.4, -0.2) is 5.11 Å². The van der Waals surface area contributed by atoms with Crippen molar-refractivity contribution in [3.63, 3.8) is 0 Å². The summed E-state index contributed by atoms with van der Waals surface area (Å²) in [7, 11) is 0. The zero-order valence-corrected chi connectivity index (χ0v) is 9.61. The quantitative estimate of drug-likeness (QED) is 0.636. The molecule has 1 N–H and O–H groups in total. The second-order valence-corrected chi connectivity index (χ2v) is 3.56.